The topological polar surface area (TPSA) is 96.0 Å². The number of amides is 2. The second kappa shape index (κ2) is 16.0. The lowest BCUT2D eigenvalue weighted by molar-refractivity contribution is -0.140. The summed E-state index contributed by atoms with van der Waals surface area (Å²) in [6.45, 7) is 3.24. The molecule has 242 valence electrons. The van der Waals surface area contributed by atoms with Gasteiger partial charge in [0.2, 0.25) is 11.8 Å². The van der Waals surface area contributed by atoms with Crippen LogP contribution in [0.3, 0.4) is 0 Å². The lowest BCUT2D eigenvalue weighted by Gasteiger charge is -2.34. The van der Waals surface area contributed by atoms with Crippen molar-refractivity contribution in [3.63, 3.8) is 0 Å². The van der Waals surface area contributed by atoms with Crippen LogP contribution in [-0.2, 0) is 32.6 Å². The lowest BCUT2D eigenvalue weighted by Crippen LogP contribution is -2.54. The van der Waals surface area contributed by atoms with Crippen molar-refractivity contribution < 1.29 is 22.7 Å². The first kappa shape index (κ1) is 34.8. The number of methoxy groups -OCH3 is 1. The Labute approximate surface area is 280 Å². The molecule has 0 aliphatic carbocycles. The minimum absolute atomic E-state index is 0.0185. The standard InChI is InChI=1S/C35H37Cl2N3O5S/c1-4-25(2)38-35(42)33(22-26-11-7-5-8-12-26)39(23-27-15-20-31(36)32(37)21-27)34(41)24-40(28-16-18-29(45-3)19-17-28)46(43,44)30-13-9-6-10-14-30/h5-21,25,33H,4,22-24H2,1-3H3,(H,38,42)/t25-,33-/m1/s1. The third-order valence-electron chi connectivity index (χ3n) is 7.58. The van der Waals surface area contributed by atoms with Crippen molar-refractivity contribution in [1.29, 1.82) is 0 Å². The van der Waals surface area contributed by atoms with Crippen molar-refractivity contribution >= 4 is 50.7 Å². The van der Waals surface area contributed by atoms with Crippen LogP contribution in [-0.4, -0.2) is 50.9 Å². The number of halogens is 2. The van der Waals surface area contributed by atoms with Crippen LogP contribution in [0.25, 0.3) is 0 Å². The number of rotatable bonds is 14. The first-order valence-electron chi connectivity index (χ1n) is 14.8. The Balaban J connectivity index is 1.81. The molecule has 4 aromatic rings. The number of nitrogens with one attached hydrogen (secondary N) is 1. The fourth-order valence-electron chi connectivity index (χ4n) is 4.83. The van der Waals surface area contributed by atoms with E-state index in [2.05, 4.69) is 5.32 Å². The van der Waals surface area contributed by atoms with E-state index in [1.807, 2.05) is 44.2 Å². The molecule has 0 heterocycles. The molecule has 11 heteroatoms. The molecule has 4 aromatic carbocycles. The molecule has 0 unspecified atom stereocenters. The van der Waals surface area contributed by atoms with Crippen LogP contribution in [0, 0.1) is 0 Å². The molecule has 46 heavy (non-hydrogen) atoms. The summed E-state index contributed by atoms with van der Waals surface area (Å²) in [6, 6.07) is 27.5. The molecule has 0 bridgehead atoms. The monoisotopic (exact) mass is 681 g/mol. The van der Waals surface area contributed by atoms with Crippen LogP contribution in [0.1, 0.15) is 31.4 Å². The van der Waals surface area contributed by atoms with Crippen molar-refractivity contribution in [1.82, 2.24) is 10.2 Å². The number of anilines is 1. The van der Waals surface area contributed by atoms with E-state index in [0.717, 1.165) is 9.87 Å². The summed E-state index contributed by atoms with van der Waals surface area (Å²) >= 11 is 12.5. The summed E-state index contributed by atoms with van der Waals surface area (Å²) in [4.78, 5) is 29.9. The number of sulfonamides is 1. The van der Waals surface area contributed by atoms with Gasteiger partial charge in [0.1, 0.15) is 18.3 Å². The Kier molecular flexibility index (Phi) is 12.1. The van der Waals surface area contributed by atoms with Gasteiger partial charge in [-0.15, -0.1) is 0 Å². The Morgan fingerprint density at radius 3 is 2.07 bits per heavy atom. The van der Waals surface area contributed by atoms with E-state index < -0.39 is 28.5 Å². The number of carbonyl (C=O) groups excluding carboxylic acids is 2. The third kappa shape index (κ3) is 8.81. The van der Waals surface area contributed by atoms with E-state index in [1.165, 1.54) is 24.1 Å². The molecule has 0 aliphatic rings. The van der Waals surface area contributed by atoms with Gasteiger partial charge < -0.3 is 15.0 Å². The van der Waals surface area contributed by atoms with Crippen molar-refractivity contribution in [2.75, 3.05) is 18.0 Å². The molecule has 0 aromatic heterocycles. The number of nitrogens with zero attached hydrogens (tertiary/aromatic N) is 2. The molecule has 8 nitrogen and oxygen atoms in total. The lowest BCUT2D eigenvalue weighted by atomic mass is 10.0. The number of benzene rings is 4. The molecule has 2 atom stereocenters. The average molecular weight is 683 g/mol. The Morgan fingerprint density at radius 2 is 1.48 bits per heavy atom. The largest absolute Gasteiger partial charge is 0.497 e. The SMILES string of the molecule is CC[C@@H](C)NC(=O)[C@@H](Cc1ccccc1)N(Cc1ccc(Cl)c(Cl)c1)C(=O)CN(c1ccc(OC)cc1)S(=O)(=O)c1ccccc1. The van der Waals surface area contributed by atoms with E-state index >= 15 is 0 Å². The van der Waals surface area contributed by atoms with E-state index in [1.54, 1.807) is 60.7 Å². The molecule has 2 amide bonds. The molecular formula is C35H37Cl2N3O5S. The van der Waals surface area contributed by atoms with Gasteiger partial charge >= 0.3 is 0 Å². The highest BCUT2D eigenvalue weighted by atomic mass is 35.5. The van der Waals surface area contributed by atoms with Gasteiger partial charge in [0, 0.05) is 19.0 Å². The zero-order chi connectivity index (χ0) is 33.3. The highest BCUT2D eigenvalue weighted by molar-refractivity contribution is 7.92. The second-order valence-electron chi connectivity index (χ2n) is 10.8. The van der Waals surface area contributed by atoms with Gasteiger partial charge in [0.05, 0.1) is 27.7 Å². The number of hydrogen-bond donors (Lipinski definition) is 1. The van der Waals surface area contributed by atoms with Crippen molar-refractivity contribution in [2.24, 2.45) is 0 Å². The van der Waals surface area contributed by atoms with Gasteiger partial charge in [-0.05, 0) is 73.0 Å². The van der Waals surface area contributed by atoms with Gasteiger partial charge in [0.15, 0.2) is 0 Å². The normalized spacial score (nSPS) is 12.5. The van der Waals surface area contributed by atoms with Crippen molar-refractivity contribution in [2.45, 2.75) is 50.2 Å². The van der Waals surface area contributed by atoms with Crippen LogP contribution in [0.2, 0.25) is 10.0 Å². The van der Waals surface area contributed by atoms with Gasteiger partial charge in [-0.2, -0.15) is 0 Å². The summed E-state index contributed by atoms with van der Waals surface area (Å²) in [7, 11) is -2.70. The Hall–Kier alpha value is -4.05. The predicted octanol–water partition coefficient (Wildman–Crippen LogP) is 6.75. The molecular weight excluding hydrogens is 645 g/mol. The Bertz CT molecular complexity index is 1720. The number of ether oxygens (including phenoxy) is 1. The summed E-state index contributed by atoms with van der Waals surface area (Å²) in [5, 5.41) is 3.66. The maximum absolute atomic E-state index is 14.5. The summed E-state index contributed by atoms with van der Waals surface area (Å²) in [6.07, 6.45) is 0.884. The molecule has 0 radical (unpaired) electrons. The highest BCUT2D eigenvalue weighted by Gasteiger charge is 2.35. The van der Waals surface area contributed by atoms with Gasteiger partial charge in [-0.3, -0.25) is 13.9 Å². The van der Waals surface area contributed by atoms with E-state index in [9.17, 15) is 18.0 Å². The summed E-state index contributed by atoms with van der Waals surface area (Å²) in [5.74, 6) is -0.409. The minimum atomic E-state index is -4.21. The highest BCUT2D eigenvalue weighted by Crippen LogP contribution is 2.28. The molecule has 0 saturated carbocycles. The van der Waals surface area contributed by atoms with E-state index in [0.29, 0.717) is 27.8 Å². The molecule has 0 aliphatic heterocycles. The fraction of sp³-hybridized carbons (Fsp3) is 0.257. The van der Waals surface area contributed by atoms with Crippen LogP contribution in [0.15, 0.2) is 108 Å². The first-order chi connectivity index (χ1) is 22.0. The predicted molar refractivity (Wildman–Crippen MR) is 183 cm³/mol. The molecule has 1 N–H and O–H groups in total. The zero-order valence-electron chi connectivity index (χ0n) is 25.9. The van der Waals surface area contributed by atoms with Gasteiger partial charge in [-0.1, -0.05) is 84.7 Å². The molecule has 0 fully saturated rings. The van der Waals surface area contributed by atoms with Crippen molar-refractivity contribution in [3.8, 4) is 5.75 Å². The maximum atomic E-state index is 14.5. The third-order valence-corrected chi connectivity index (χ3v) is 10.1. The Morgan fingerprint density at radius 1 is 0.848 bits per heavy atom. The van der Waals surface area contributed by atoms with Crippen LogP contribution >= 0.6 is 23.2 Å². The van der Waals surface area contributed by atoms with E-state index in [4.69, 9.17) is 27.9 Å². The fourth-order valence-corrected chi connectivity index (χ4v) is 6.58. The van der Waals surface area contributed by atoms with Crippen LogP contribution in [0.4, 0.5) is 5.69 Å². The zero-order valence-corrected chi connectivity index (χ0v) is 28.2. The quantitative estimate of drug-likeness (QED) is 0.159. The molecule has 0 saturated heterocycles. The van der Waals surface area contributed by atoms with Crippen molar-refractivity contribution in [3.05, 3.63) is 124 Å². The van der Waals surface area contributed by atoms with Crippen LogP contribution < -0.4 is 14.4 Å². The number of hydrogen-bond acceptors (Lipinski definition) is 5. The van der Waals surface area contributed by atoms with E-state index in [-0.39, 0.29) is 35.5 Å². The summed E-state index contributed by atoms with van der Waals surface area (Å²) in [5.41, 5.74) is 1.72. The minimum Gasteiger partial charge on any atom is -0.497 e. The number of carbonyl (C=O) groups is 2. The average Bonchev–Trinajstić information content (AvgIpc) is 3.07. The first-order valence-corrected chi connectivity index (χ1v) is 17.0. The van der Waals surface area contributed by atoms with Crippen LogP contribution in [0.5, 0.6) is 5.75 Å². The smallest absolute Gasteiger partial charge is 0.264 e. The van der Waals surface area contributed by atoms with Gasteiger partial charge in [-0.25, -0.2) is 8.42 Å². The second-order valence-corrected chi connectivity index (χ2v) is 13.5. The summed E-state index contributed by atoms with van der Waals surface area (Å²) < 4.78 is 34.5. The molecule has 0 spiro atoms. The van der Waals surface area contributed by atoms with Gasteiger partial charge in [0.25, 0.3) is 10.0 Å². The molecule has 4 rings (SSSR count). The maximum Gasteiger partial charge on any atom is 0.264 e.